The summed E-state index contributed by atoms with van der Waals surface area (Å²) in [5, 5.41) is 9.99. The molecule has 0 radical (unpaired) electrons. The molecule has 0 aliphatic carbocycles. The molecular formula is C12H14N5O3+. The number of aliphatic imine (C=N–C) groups is 1. The number of methoxy groups -OCH3 is 1. The second-order valence-corrected chi connectivity index (χ2v) is 4.23. The van der Waals surface area contributed by atoms with Crippen LogP contribution in [0.15, 0.2) is 17.3 Å². The number of ether oxygens (including phenoxy) is 1. The molecular weight excluding hydrogens is 262 g/mol. The van der Waals surface area contributed by atoms with E-state index in [9.17, 15) is 9.59 Å². The molecule has 0 atom stereocenters. The van der Waals surface area contributed by atoms with Crippen LogP contribution in [-0.2, 0) is 16.6 Å². The number of anilines is 1. The van der Waals surface area contributed by atoms with Crippen molar-refractivity contribution in [3.8, 4) is 0 Å². The number of nitrogens with one attached hydrogen (secondary N) is 2. The van der Waals surface area contributed by atoms with E-state index in [0.29, 0.717) is 11.4 Å². The molecule has 0 unspecified atom stereocenters. The van der Waals surface area contributed by atoms with Crippen molar-refractivity contribution in [2.24, 2.45) is 12.0 Å². The van der Waals surface area contributed by atoms with Crippen molar-refractivity contribution in [1.82, 2.24) is 4.57 Å². The lowest BCUT2D eigenvalue weighted by molar-refractivity contribution is -0.359. The molecule has 20 heavy (non-hydrogen) atoms. The van der Waals surface area contributed by atoms with Gasteiger partial charge >= 0.3 is 17.7 Å². The first kappa shape index (κ1) is 13.7. The molecule has 0 fully saturated rings. The molecule has 1 aliphatic heterocycles. The molecule has 2 N–H and O–H groups in total. The number of carbonyl (C=O) groups excluding carboxylic acids is 2. The highest BCUT2D eigenvalue weighted by Crippen LogP contribution is 2.14. The minimum Gasteiger partial charge on any atom is -0.464 e. The van der Waals surface area contributed by atoms with Gasteiger partial charge in [0.2, 0.25) is 0 Å². The summed E-state index contributed by atoms with van der Waals surface area (Å²) in [5.74, 6) is -0.800. The number of esters is 1. The van der Waals surface area contributed by atoms with Crippen LogP contribution in [0.1, 0.15) is 10.5 Å². The molecule has 0 aromatic carbocycles. The van der Waals surface area contributed by atoms with E-state index in [4.69, 9.17) is 5.41 Å². The number of amides is 1. The number of nitrogens with zero attached hydrogens (tertiary/aromatic N) is 3. The fraction of sp³-hybridized carbons (Fsp3) is 0.250. The molecule has 1 aromatic rings. The van der Waals surface area contributed by atoms with Gasteiger partial charge in [-0.15, -0.1) is 0 Å². The van der Waals surface area contributed by atoms with E-state index in [1.807, 2.05) is 0 Å². The first-order valence-electron chi connectivity index (χ1n) is 5.73. The van der Waals surface area contributed by atoms with E-state index in [0.717, 1.165) is 0 Å². The standard InChI is InChI=1S/C12H13N5O3/c1-16-5-7(4-8(16)12(19)20-3)14-11(18)10-15-9(13)6-17(10)2/h4-6,13H,1-3H3/p+1. The van der Waals surface area contributed by atoms with Crippen LogP contribution in [0.4, 0.5) is 5.69 Å². The van der Waals surface area contributed by atoms with Crippen LogP contribution >= 0.6 is 0 Å². The number of carbonyl (C=O) groups is 2. The van der Waals surface area contributed by atoms with Crippen molar-refractivity contribution in [3.63, 3.8) is 0 Å². The SMILES string of the molecule is COC(=O)c1cc(NC(=O)C2=NC(=N)C=[N+]2C)cn1C. The van der Waals surface area contributed by atoms with Crippen LogP contribution in [0.3, 0.4) is 0 Å². The maximum atomic E-state index is 12.0. The molecule has 2 heterocycles. The number of hydrogen-bond donors (Lipinski definition) is 2. The van der Waals surface area contributed by atoms with Crippen molar-refractivity contribution >= 4 is 35.4 Å². The van der Waals surface area contributed by atoms with E-state index in [2.05, 4.69) is 15.0 Å². The zero-order valence-electron chi connectivity index (χ0n) is 11.3. The molecule has 2 rings (SSSR count). The Morgan fingerprint density at radius 2 is 2.20 bits per heavy atom. The van der Waals surface area contributed by atoms with Gasteiger partial charge in [0.05, 0.1) is 19.8 Å². The number of likely N-dealkylation sites (N-methyl/N-ethyl adjacent to an activating group) is 1. The lowest BCUT2D eigenvalue weighted by Crippen LogP contribution is -2.29. The Morgan fingerprint density at radius 3 is 2.75 bits per heavy atom. The Bertz CT molecular complexity index is 669. The van der Waals surface area contributed by atoms with Crippen LogP contribution in [0.25, 0.3) is 0 Å². The average molecular weight is 276 g/mol. The lowest BCUT2D eigenvalue weighted by atomic mass is 10.4. The van der Waals surface area contributed by atoms with E-state index >= 15 is 0 Å². The normalized spacial score (nSPS) is 13.8. The van der Waals surface area contributed by atoms with Crippen molar-refractivity contribution < 1.29 is 18.9 Å². The van der Waals surface area contributed by atoms with Gasteiger partial charge in [0.25, 0.3) is 5.84 Å². The number of rotatable bonds is 3. The summed E-state index contributed by atoms with van der Waals surface area (Å²) in [4.78, 5) is 27.3. The summed E-state index contributed by atoms with van der Waals surface area (Å²) in [6.07, 6.45) is 3.02. The zero-order chi connectivity index (χ0) is 14.9. The third kappa shape index (κ3) is 2.48. The average Bonchev–Trinajstić information content (AvgIpc) is 2.91. The Balaban J connectivity index is 2.18. The van der Waals surface area contributed by atoms with Gasteiger partial charge in [-0.3, -0.25) is 10.2 Å². The Hall–Kier alpha value is -2.77. The van der Waals surface area contributed by atoms with Crippen LogP contribution in [-0.4, -0.2) is 53.1 Å². The van der Waals surface area contributed by atoms with Crippen molar-refractivity contribution in [1.29, 1.82) is 5.41 Å². The molecule has 0 saturated heterocycles. The van der Waals surface area contributed by atoms with Gasteiger partial charge in [0.15, 0.2) is 6.21 Å². The largest absolute Gasteiger partial charge is 0.464 e. The maximum absolute atomic E-state index is 12.0. The van der Waals surface area contributed by atoms with Gasteiger partial charge in [-0.25, -0.2) is 9.37 Å². The first-order valence-corrected chi connectivity index (χ1v) is 5.73. The second-order valence-electron chi connectivity index (χ2n) is 4.23. The molecule has 1 aliphatic rings. The Morgan fingerprint density at radius 1 is 1.50 bits per heavy atom. The monoisotopic (exact) mass is 276 g/mol. The molecule has 104 valence electrons. The molecule has 0 spiro atoms. The van der Waals surface area contributed by atoms with Crippen LogP contribution < -0.4 is 5.32 Å². The van der Waals surface area contributed by atoms with Gasteiger partial charge in [0, 0.05) is 13.2 Å². The highest BCUT2D eigenvalue weighted by molar-refractivity contribution is 6.47. The first-order chi connectivity index (χ1) is 9.42. The quantitative estimate of drug-likeness (QED) is 0.593. The Labute approximate surface area is 114 Å². The predicted molar refractivity (Wildman–Crippen MR) is 72.8 cm³/mol. The second kappa shape index (κ2) is 5.08. The zero-order valence-corrected chi connectivity index (χ0v) is 11.3. The van der Waals surface area contributed by atoms with Crippen molar-refractivity contribution in [2.75, 3.05) is 19.5 Å². The fourth-order valence-electron chi connectivity index (χ4n) is 1.80. The summed E-state index contributed by atoms with van der Waals surface area (Å²) in [7, 11) is 4.59. The molecule has 1 aromatic heterocycles. The molecule has 0 saturated carbocycles. The van der Waals surface area contributed by atoms with Gasteiger partial charge < -0.3 is 14.6 Å². The maximum Gasteiger partial charge on any atom is 0.391 e. The van der Waals surface area contributed by atoms with Crippen LogP contribution in [0, 0.1) is 5.41 Å². The summed E-state index contributed by atoms with van der Waals surface area (Å²) in [6.45, 7) is 0. The molecule has 1 amide bonds. The van der Waals surface area contributed by atoms with Crippen molar-refractivity contribution in [3.05, 3.63) is 18.0 Å². The van der Waals surface area contributed by atoms with E-state index in [-0.39, 0.29) is 11.7 Å². The van der Waals surface area contributed by atoms with Crippen molar-refractivity contribution in [2.45, 2.75) is 0 Å². The van der Waals surface area contributed by atoms with E-state index < -0.39 is 11.9 Å². The predicted octanol–water partition coefficient (Wildman–Crippen LogP) is -0.147. The molecule has 0 bridgehead atoms. The number of aryl methyl sites for hydroxylation is 1. The van der Waals surface area contributed by atoms with E-state index in [1.54, 1.807) is 24.9 Å². The van der Waals surface area contributed by atoms with Gasteiger partial charge in [-0.05, 0) is 11.1 Å². The minimum atomic E-state index is -0.488. The summed E-state index contributed by atoms with van der Waals surface area (Å²) >= 11 is 0. The van der Waals surface area contributed by atoms with Gasteiger partial charge in [-0.1, -0.05) is 0 Å². The molecule has 8 nitrogen and oxygen atoms in total. The highest BCUT2D eigenvalue weighted by atomic mass is 16.5. The summed E-state index contributed by atoms with van der Waals surface area (Å²) in [5.41, 5.74) is 0.774. The third-order valence-corrected chi connectivity index (χ3v) is 2.74. The number of amidine groups is 2. The minimum absolute atomic E-state index is 0.0148. The topological polar surface area (TPSA) is 99.5 Å². The third-order valence-electron chi connectivity index (χ3n) is 2.74. The van der Waals surface area contributed by atoms with Gasteiger partial charge in [-0.2, -0.15) is 0 Å². The van der Waals surface area contributed by atoms with Gasteiger partial charge in [0.1, 0.15) is 5.69 Å². The summed E-state index contributed by atoms with van der Waals surface area (Å²) < 4.78 is 7.64. The smallest absolute Gasteiger partial charge is 0.391 e. The summed E-state index contributed by atoms with van der Waals surface area (Å²) in [6, 6.07) is 1.51. The van der Waals surface area contributed by atoms with Crippen LogP contribution in [0.5, 0.6) is 0 Å². The number of aromatic nitrogens is 1. The Kier molecular flexibility index (Phi) is 3.47. The fourth-order valence-corrected chi connectivity index (χ4v) is 1.80. The lowest BCUT2D eigenvalue weighted by Gasteiger charge is -1.98. The van der Waals surface area contributed by atoms with Crippen LogP contribution in [0.2, 0.25) is 0 Å². The highest BCUT2D eigenvalue weighted by Gasteiger charge is 2.29. The van der Waals surface area contributed by atoms with E-state index in [1.165, 1.54) is 24.0 Å². The molecule has 8 heteroatoms. The number of hydrogen-bond acceptors (Lipinski definition) is 4.